The van der Waals surface area contributed by atoms with Crippen molar-refractivity contribution in [2.45, 2.75) is 76.7 Å². The van der Waals surface area contributed by atoms with Gasteiger partial charge in [0.05, 0.1) is 38.7 Å². The second-order valence-electron chi connectivity index (χ2n) is 15.8. The Kier molecular flexibility index (Phi) is 10.0. The summed E-state index contributed by atoms with van der Waals surface area (Å²) in [6.45, 7) is 4.39. The van der Waals surface area contributed by atoms with Gasteiger partial charge in [0.1, 0.15) is 23.5 Å². The van der Waals surface area contributed by atoms with Crippen LogP contribution in [0.4, 0.5) is 15.9 Å². The van der Waals surface area contributed by atoms with E-state index in [1.165, 1.54) is 32.7 Å². The number of rotatable bonds is 11. The van der Waals surface area contributed by atoms with Crippen LogP contribution in [-0.2, 0) is 23.9 Å². The third-order valence-corrected chi connectivity index (χ3v) is 13.0. The van der Waals surface area contributed by atoms with Crippen LogP contribution in [0.3, 0.4) is 0 Å². The molecule has 0 saturated heterocycles. The maximum Gasteiger partial charge on any atom is 0.311 e. The van der Waals surface area contributed by atoms with Gasteiger partial charge in [-0.3, -0.25) is 19.2 Å². The zero-order valence-electron chi connectivity index (χ0n) is 32.0. The Morgan fingerprint density at radius 2 is 1.70 bits per heavy atom. The number of hydrogen-bond acceptors (Lipinski definition) is 13. The molecule has 296 valence electrons. The Labute approximate surface area is 323 Å². The number of alkyl halides is 1. The Bertz CT molecular complexity index is 2160. The number of anilines is 2. The van der Waals surface area contributed by atoms with Crippen LogP contribution < -0.4 is 19.5 Å². The smallest absolute Gasteiger partial charge is 0.311 e. The van der Waals surface area contributed by atoms with E-state index in [1.54, 1.807) is 63.2 Å². The second kappa shape index (κ2) is 14.4. The molecule has 4 aliphatic rings. The van der Waals surface area contributed by atoms with Crippen molar-refractivity contribution in [1.29, 1.82) is 0 Å². The van der Waals surface area contributed by atoms with Gasteiger partial charge in [0.2, 0.25) is 5.78 Å². The molecule has 3 N–H and O–H groups in total. The molecule has 3 saturated carbocycles. The summed E-state index contributed by atoms with van der Waals surface area (Å²) in [7, 11) is 3.08. The van der Waals surface area contributed by atoms with Crippen LogP contribution in [0, 0.1) is 28.6 Å². The molecule has 0 radical (unpaired) electrons. The number of methoxy groups -OCH3 is 2. The average Bonchev–Trinajstić information content (AvgIpc) is 3.38. The molecule has 14 heteroatoms. The van der Waals surface area contributed by atoms with E-state index in [-0.39, 0.29) is 30.8 Å². The van der Waals surface area contributed by atoms with Gasteiger partial charge in [-0.05, 0) is 86.9 Å². The topological polar surface area (TPSA) is 183 Å². The van der Waals surface area contributed by atoms with Crippen molar-refractivity contribution in [2.75, 3.05) is 26.1 Å². The van der Waals surface area contributed by atoms with Crippen molar-refractivity contribution in [2.24, 2.45) is 28.6 Å². The zero-order chi connectivity index (χ0) is 40.2. The predicted molar refractivity (Wildman–Crippen MR) is 201 cm³/mol. The van der Waals surface area contributed by atoms with Gasteiger partial charge in [-0.25, -0.2) is 14.4 Å². The number of nitrogens with zero attached hydrogens (tertiary/aromatic N) is 2. The molecule has 4 aliphatic carbocycles. The Hall–Kier alpha value is -5.21. The van der Waals surface area contributed by atoms with Crippen molar-refractivity contribution >= 4 is 45.9 Å². The van der Waals surface area contributed by atoms with Crippen molar-refractivity contribution in [3.63, 3.8) is 0 Å². The fraction of sp³-hybridized carbons (Fsp3) is 0.476. The number of Topliss-reactive ketones (excluding diaryl/α,β-unsaturated/α-hetero) is 1. The Morgan fingerprint density at radius 3 is 2.41 bits per heavy atom. The molecule has 8 atom stereocenters. The summed E-state index contributed by atoms with van der Waals surface area (Å²) in [5.41, 5.74) is -4.59. The van der Waals surface area contributed by atoms with E-state index in [0.717, 1.165) is 0 Å². The zero-order valence-corrected chi connectivity index (χ0v) is 32.0. The van der Waals surface area contributed by atoms with Gasteiger partial charge in [-0.15, -0.1) is 0 Å². The van der Waals surface area contributed by atoms with Gasteiger partial charge in [-0.2, -0.15) is 0 Å². The summed E-state index contributed by atoms with van der Waals surface area (Å²) < 4.78 is 38.9. The second-order valence-corrected chi connectivity index (χ2v) is 15.8. The molecule has 0 spiro atoms. The first kappa shape index (κ1) is 39.0. The van der Waals surface area contributed by atoms with Crippen LogP contribution >= 0.6 is 0 Å². The highest BCUT2D eigenvalue weighted by molar-refractivity contribution is 6.01. The molecule has 56 heavy (non-hydrogen) atoms. The lowest BCUT2D eigenvalue weighted by Gasteiger charge is -2.62. The highest BCUT2D eigenvalue weighted by Gasteiger charge is 2.75. The highest BCUT2D eigenvalue weighted by atomic mass is 19.1. The van der Waals surface area contributed by atoms with Gasteiger partial charge in [0.15, 0.2) is 29.6 Å². The fourth-order valence-electron chi connectivity index (χ4n) is 10.1. The first-order chi connectivity index (χ1) is 26.6. The summed E-state index contributed by atoms with van der Waals surface area (Å²) in [6.07, 6.45) is 4.50. The van der Waals surface area contributed by atoms with Crippen molar-refractivity contribution in [3.05, 3.63) is 66.5 Å². The fourth-order valence-corrected chi connectivity index (χ4v) is 10.1. The molecule has 7 rings (SSSR count). The van der Waals surface area contributed by atoms with Crippen LogP contribution in [-0.4, -0.2) is 81.9 Å². The number of aliphatic hydroxyl groups is 2. The number of benzene rings is 2. The summed E-state index contributed by atoms with van der Waals surface area (Å²) in [6, 6.07) is 10.0. The lowest BCUT2D eigenvalue weighted by molar-refractivity contribution is -0.220. The summed E-state index contributed by atoms with van der Waals surface area (Å²) in [5.74, 6) is -2.43. The summed E-state index contributed by atoms with van der Waals surface area (Å²) in [4.78, 5) is 59.9. The number of hydrogen-bond donors (Lipinski definition) is 3. The van der Waals surface area contributed by atoms with E-state index in [2.05, 4.69) is 15.3 Å². The minimum absolute atomic E-state index is 0.193. The molecule has 1 heterocycles. The number of ether oxygens (including phenoxy) is 4. The minimum atomic E-state index is -2.11. The number of ketones is 2. The molecule has 13 nitrogen and oxygen atoms in total. The third-order valence-electron chi connectivity index (χ3n) is 13.0. The lowest BCUT2D eigenvalue weighted by Crippen LogP contribution is -2.69. The number of halogens is 1. The standard InChI is InChI=1S/C42H46FN3O10/c1-23-16-30-29-11-6-24-17-26(47)14-15-39(24,2)41(29,43)34(48)20-40(30,3)42(23,52)35(49)21-55-36(50)12-13-37(51)56-27-9-7-25(8-10-27)46-38-28-18-32(53-4)33(54-5)19-31(28)44-22-45-38/h7-10,14-15,17-19,22-23,29-30,34,48,52H,6,11-13,16,20-21H2,1-5H3,(H,44,45,46)/t23-,29+,30+,34+,39+,40+,41+,42+/m1/s1. The third kappa shape index (κ3) is 6.13. The maximum absolute atomic E-state index is 17.4. The largest absolute Gasteiger partial charge is 0.493 e. The molecular weight excluding hydrogens is 725 g/mol. The number of fused-ring (bicyclic) bond motifs is 6. The van der Waals surface area contributed by atoms with Crippen LogP contribution in [0.15, 0.2) is 66.5 Å². The minimum Gasteiger partial charge on any atom is -0.493 e. The number of carbonyl (C=O) groups is 4. The van der Waals surface area contributed by atoms with E-state index in [4.69, 9.17) is 18.9 Å². The number of nitrogens with one attached hydrogen (secondary N) is 1. The molecule has 1 aromatic heterocycles. The molecule has 0 aliphatic heterocycles. The lowest BCUT2D eigenvalue weighted by atomic mass is 9.44. The molecular formula is C42H46FN3O10. The van der Waals surface area contributed by atoms with Crippen LogP contribution in [0.25, 0.3) is 10.9 Å². The van der Waals surface area contributed by atoms with E-state index < -0.39 is 70.3 Å². The summed E-state index contributed by atoms with van der Waals surface area (Å²) >= 11 is 0. The first-order valence-corrected chi connectivity index (χ1v) is 18.8. The maximum atomic E-state index is 17.4. The van der Waals surface area contributed by atoms with Crippen LogP contribution in [0.1, 0.15) is 59.3 Å². The van der Waals surface area contributed by atoms with Crippen LogP contribution in [0.2, 0.25) is 0 Å². The Balaban J connectivity index is 0.932. The number of aliphatic hydroxyl groups excluding tert-OH is 1. The van der Waals surface area contributed by atoms with Gasteiger partial charge in [0.25, 0.3) is 0 Å². The van der Waals surface area contributed by atoms with Gasteiger partial charge >= 0.3 is 11.9 Å². The van der Waals surface area contributed by atoms with Crippen molar-refractivity contribution in [3.8, 4) is 17.2 Å². The number of carbonyl (C=O) groups excluding carboxylic acids is 4. The molecule has 2 aromatic carbocycles. The van der Waals surface area contributed by atoms with Crippen LogP contribution in [0.5, 0.6) is 17.2 Å². The van der Waals surface area contributed by atoms with E-state index >= 15 is 4.39 Å². The van der Waals surface area contributed by atoms with Gasteiger partial charge in [0, 0.05) is 33.9 Å². The molecule has 0 unspecified atom stereocenters. The van der Waals surface area contributed by atoms with Crippen molar-refractivity contribution in [1.82, 2.24) is 9.97 Å². The molecule has 3 fully saturated rings. The first-order valence-electron chi connectivity index (χ1n) is 18.8. The van der Waals surface area contributed by atoms with E-state index in [9.17, 15) is 29.4 Å². The van der Waals surface area contributed by atoms with E-state index in [0.29, 0.717) is 58.7 Å². The Morgan fingerprint density at radius 1 is 1.00 bits per heavy atom. The number of esters is 2. The summed E-state index contributed by atoms with van der Waals surface area (Å²) in [5, 5.41) is 27.6. The van der Waals surface area contributed by atoms with Gasteiger partial charge in [-0.1, -0.05) is 25.5 Å². The van der Waals surface area contributed by atoms with E-state index in [1.807, 2.05) is 0 Å². The molecule has 0 bridgehead atoms. The number of allylic oxidation sites excluding steroid dienone is 4. The molecule has 0 amide bonds. The average molecular weight is 772 g/mol. The quantitative estimate of drug-likeness (QED) is 0.163. The van der Waals surface area contributed by atoms with Crippen molar-refractivity contribution < 1.29 is 52.7 Å². The normalized spacial score (nSPS) is 31.7. The molecule has 3 aromatic rings. The monoisotopic (exact) mass is 771 g/mol. The highest BCUT2D eigenvalue weighted by Crippen LogP contribution is 2.70. The SMILES string of the molecule is COc1cc2ncnc(Nc3ccc(OC(=O)CCC(=O)OCC(=O)[C@@]4(O)[C@H](C)C[C@H]5[C@@H]6CCC7=CC(=O)C=C[C@]7(C)[C@@]6(F)[C@@H](O)C[C@@]54C)cc3)c2cc1OC. The predicted octanol–water partition coefficient (Wildman–Crippen LogP) is 5.54. The van der Waals surface area contributed by atoms with Gasteiger partial charge < -0.3 is 34.5 Å². The number of aromatic nitrogens is 2.